The van der Waals surface area contributed by atoms with Crippen LogP contribution in [0.25, 0.3) is 6.08 Å². The lowest BCUT2D eigenvalue weighted by molar-refractivity contribution is -0.115. The Morgan fingerprint density at radius 2 is 1.94 bits per heavy atom. The second kappa shape index (κ2) is 4.63. The number of rotatable bonds is 2. The molecule has 2 amide bonds. The molecule has 1 aromatic carbocycles. The van der Waals surface area contributed by atoms with Crippen LogP contribution in [-0.2, 0) is 4.79 Å². The monoisotopic (exact) mass is 248 g/mol. The first kappa shape index (κ1) is 11.7. The van der Waals surface area contributed by atoms with Crippen molar-refractivity contribution in [1.29, 1.82) is 0 Å². The minimum absolute atomic E-state index is 0.316. The first-order valence-corrected chi connectivity index (χ1v) is 5.91. The molecule has 5 heteroatoms. The number of amides is 2. The predicted octanol–water partition coefficient (Wildman–Crippen LogP) is 2.08. The van der Waals surface area contributed by atoms with Gasteiger partial charge in [-0.05, 0) is 29.5 Å². The first-order valence-electron chi connectivity index (χ1n) is 5.09. The number of thioether (sulfide) groups is 1. The van der Waals surface area contributed by atoms with Crippen molar-refractivity contribution in [1.82, 2.24) is 5.32 Å². The fraction of sp³-hybridized carbons (Fsp3) is 0.167. The fourth-order valence-electron chi connectivity index (χ4n) is 1.58. The first-order chi connectivity index (χ1) is 8.08. The summed E-state index contributed by atoms with van der Waals surface area (Å²) in [5.41, 5.74) is 1.93. The van der Waals surface area contributed by atoms with Crippen molar-refractivity contribution in [3.05, 3.63) is 34.7 Å². The largest absolute Gasteiger partial charge is 0.377 e. The zero-order valence-electron chi connectivity index (χ0n) is 9.56. The van der Waals surface area contributed by atoms with Crippen LogP contribution in [0.1, 0.15) is 5.56 Å². The van der Waals surface area contributed by atoms with Crippen molar-refractivity contribution in [2.75, 3.05) is 19.0 Å². The van der Waals surface area contributed by atoms with E-state index in [4.69, 9.17) is 0 Å². The van der Waals surface area contributed by atoms with Gasteiger partial charge in [-0.3, -0.25) is 14.9 Å². The predicted molar refractivity (Wildman–Crippen MR) is 69.9 cm³/mol. The Hall–Kier alpha value is -1.75. The second-order valence-corrected chi connectivity index (χ2v) is 4.82. The lowest BCUT2D eigenvalue weighted by Gasteiger charge is -2.15. The zero-order valence-corrected chi connectivity index (χ0v) is 10.4. The maximum absolute atomic E-state index is 11.4. The minimum atomic E-state index is -0.325. The minimum Gasteiger partial charge on any atom is -0.377 e. The Bertz CT molecular complexity index is 509. The number of benzene rings is 1. The Balaban J connectivity index is 2.39. The smallest absolute Gasteiger partial charge is 0.290 e. The highest BCUT2D eigenvalue weighted by molar-refractivity contribution is 8.18. The van der Waals surface area contributed by atoms with Crippen molar-refractivity contribution in [2.24, 2.45) is 0 Å². The van der Waals surface area contributed by atoms with E-state index < -0.39 is 0 Å². The van der Waals surface area contributed by atoms with Crippen molar-refractivity contribution < 1.29 is 9.59 Å². The molecular weight excluding hydrogens is 236 g/mol. The molecule has 0 spiro atoms. The summed E-state index contributed by atoms with van der Waals surface area (Å²) in [4.78, 5) is 24.9. The molecule has 1 aliphatic heterocycles. The summed E-state index contributed by atoms with van der Waals surface area (Å²) in [6.07, 6.45) is 1.74. The van der Waals surface area contributed by atoms with Crippen LogP contribution in [0.3, 0.4) is 0 Å². The normalized spacial score (nSPS) is 17.4. The van der Waals surface area contributed by atoms with E-state index in [1.54, 1.807) is 6.08 Å². The molecule has 0 bridgehead atoms. The molecule has 0 radical (unpaired) electrons. The van der Waals surface area contributed by atoms with E-state index >= 15 is 0 Å². The van der Waals surface area contributed by atoms with E-state index in [0.29, 0.717) is 4.91 Å². The standard InChI is InChI=1S/C12H12N2O2S/c1-14(2)9-6-4-3-5-8(9)7-10-11(15)13-12(16)17-10/h3-7H,1-2H3,(H,13,15,16)/b10-7-. The van der Waals surface area contributed by atoms with Crippen LogP contribution in [0, 0.1) is 0 Å². The number of para-hydroxylation sites is 1. The molecule has 17 heavy (non-hydrogen) atoms. The van der Waals surface area contributed by atoms with Gasteiger partial charge in [0.15, 0.2) is 0 Å². The third-order valence-corrected chi connectivity index (χ3v) is 3.16. The van der Waals surface area contributed by atoms with Gasteiger partial charge < -0.3 is 4.90 Å². The molecule has 0 aliphatic carbocycles. The molecule has 1 N–H and O–H groups in total. The molecule has 4 nitrogen and oxygen atoms in total. The van der Waals surface area contributed by atoms with Gasteiger partial charge in [0, 0.05) is 19.8 Å². The Labute approximate surface area is 104 Å². The molecule has 1 aromatic rings. The van der Waals surface area contributed by atoms with Crippen LogP contribution in [0.2, 0.25) is 0 Å². The van der Waals surface area contributed by atoms with Gasteiger partial charge in [0.05, 0.1) is 4.91 Å². The maximum atomic E-state index is 11.4. The van der Waals surface area contributed by atoms with Gasteiger partial charge in [0.25, 0.3) is 11.1 Å². The van der Waals surface area contributed by atoms with E-state index in [9.17, 15) is 9.59 Å². The number of nitrogens with zero attached hydrogens (tertiary/aromatic N) is 1. The number of imide groups is 1. The third kappa shape index (κ3) is 2.50. The van der Waals surface area contributed by atoms with E-state index in [1.165, 1.54) is 0 Å². The summed E-state index contributed by atoms with van der Waals surface area (Å²) in [6.45, 7) is 0. The van der Waals surface area contributed by atoms with Crippen LogP contribution >= 0.6 is 11.8 Å². The topological polar surface area (TPSA) is 49.4 Å². The van der Waals surface area contributed by atoms with Crippen molar-refractivity contribution in [3.63, 3.8) is 0 Å². The Morgan fingerprint density at radius 1 is 1.24 bits per heavy atom. The SMILES string of the molecule is CN(C)c1ccccc1/C=C1\SC(=O)NC1=O. The van der Waals surface area contributed by atoms with Crippen LogP contribution in [-0.4, -0.2) is 25.2 Å². The average Bonchev–Trinajstić information content (AvgIpc) is 2.58. The molecule has 1 heterocycles. The summed E-state index contributed by atoms with van der Waals surface area (Å²) in [5.74, 6) is -0.325. The van der Waals surface area contributed by atoms with Crippen LogP contribution in [0.15, 0.2) is 29.2 Å². The molecule has 0 aromatic heterocycles. The lowest BCUT2D eigenvalue weighted by Crippen LogP contribution is -2.17. The van der Waals surface area contributed by atoms with E-state index in [1.807, 2.05) is 43.3 Å². The number of hydrogen-bond donors (Lipinski definition) is 1. The summed E-state index contributed by atoms with van der Waals surface area (Å²) in [5, 5.41) is 1.92. The number of anilines is 1. The van der Waals surface area contributed by atoms with E-state index in [-0.39, 0.29) is 11.1 Å². The summed E-state index contributed by atoms with van der Waals surface area (Å²) in [7, 11) is 3.87. The average molecular weight is 248 g/mol. The highest BCUT2D eigenvalue weighted by Crippen LogP contribution is 2.28. The quantitative estimate of drug-likeness (QED) is 0.814. The maximum Gasteiger partial charge on any atom is 0.290 e. The molecule has 2 rings (SSSR count). The number of hydrogen-bond acceptors (Lipinski definition) is 4. The summed E-state index contributed by atoms with van der Waals surface area (Å²) in [6, 6.07) is 7.72. The van der Waals surface area contributed by atoms with Gasteiger partial charge in [-0.1, -0.05) is 18.2 Å². The third-order valence-electron chi connectivity index (χ3n) is 2.35. The van der Waals surface area contributed by atoms with Crippen LogP contribution < -0.4 is 10.2 Å². The molecule has 1 fully saturated rings. The fourth-order valence-corrected chi connectivity index (χ4v) is 2.25. The number of carbonyl (C=O) groups excluding carboxylic acids is 2. The van der Waals surface area contributed by atoms with Crippen molar-refractivity contribution >= 4 is 34.7 Å². The van der Waals surface area contributed by atoms with Gasteiger partial charge >= 0.3 is 0 Å². The van der Waals surface area contributed by atoms with Crippen molar-refractivity contribution in [3.8, 4) is 0 Å². The van der Waals surface area contributed by atoms with Gasteiger partial charge in [0.2, 0.25) is 0 Å². The highest BCUT2D eigenvalue weighted by atomic mass is 32.2. The van der Waals surface area contributed by atoms with Gasteiger partial charge in [-0.25, -0.2) is 0 Å². The summed E-state index contributed by atoms with van der Waals surface area (Å²) < 4.78 is 0. The molecule has 1 saturated heterocycles. The number of nitrogens with one attached hydrogen (secondary N) is 1. The molecule has 0 atom stereocenters. The lowest BCUT2D eigenvalue weighted by atomic mass is 10.1. The van der Waals surface area contributed by atoms with Gasteiger partial charge in [-0.15, -0.1) is 0 Å². The Morgan fingerprint density at radius 3 is 2.53 bits per heavy atom. The van der Waals surface area contributed by atoms with E-state index in [2.05, 4.69) is 5.32 Å². The molecule has 0 saturated carbocycles. The van der Waals surface area contributed by atoms with Gasteiger partial charge in [0.1, 0.15) is 0 Å². The second-order valence-electron chi connectivity index (χ2n) is 3.81. The molecule has 0 unspecified atom stereocenters. The molecule has 1 aliphatic rings. The highest BCUT2D eigenvalue weighted by Gasteiger charge is 2.25. The molecule has 88 valence electrons. The van der Waals surface area contributed by atoms with E-state index in [0.717, 1.165) is 23.0 Å². The van der Waals surface area contributed by atoms with Crippen molar-refractivity contribution in [2.45, 2.75) is 0 Å². The van der Waals surface area contributed by atoms with Crippen LogP contribution in [0.5, 0.6) is 0 Å². The Kier molecular flexibility index (Phi) is 3.19. The number of carbonyl (C=O) groups is 2. The van der Waals surface area contributed by atoms with Gasteiger partial charge in [-0.2, -0.15) is 0 Å². The zero-order chi connectivity index (χ0) is 12.4. The summed E-state index contributed by atoms with van der Waals surface area (Å²) >= 11 is 0.932. The van der Waals surface area contributed by atoms with Crippen LogP contribution in [0.4, 0.5) is 10.5 Å². The molecular formula is C12H12N2O2S.